The third-order valence-corrected chi connectivity index (χ3v) is 3.40. The number of hydrogen-bond acceptors (Lipinski definition) is 5. The Labute approximate surface area is 141 Å². The molecule has 0 bridgehead atoms. The number of nitrogens with two attached hydrogens (primary N) is 1. The predicted molar refractivity (Wildman–Crippen MR) is 90.9 cm³/mol. The molecular formula is C17H14F3N5. The molecule has 3 aromatic rings. The van der Waals surface area contributed by atoms with Gasteiger partial charge in [0, 0.05) is 11.4 Å². The topological polar surface area (TPSA) is 75.9 Å². The van der Waals surface area contributed by atoms with Crippen molar-refractivity contribution in [1.29, 1.82) is 0 Å². The summed E-state index contributed by atoms with van der Waals surface area (Å²) in [5, 5.41) is 5.96. The van der Waals surface area contributed by atoms with Crippen LogP contribution in [0.5, 0.6) is 0 Å². The Morgan fingerprint density at radius 1 is 0.760 bits per heavy atom. The van der Waals surface area contributed by atoms with Crippen LogP contribution in [0.25, 0.3) is 0 Å². The summed E-state index contributed by atoms with van der Waals surface area (Å²) in [5.74, 6) is 0.698. The zero-order chi connectivity index (χ0) is 17.9. The van der Waals surface area contributed by atoms with Gasteiger partial charge in [-0.15, -0.1) is 0 Å². The van der Waals surface area contributed by atoms with Crippen molar-refractivity contribution in [2.75, 3.05) is 16.4 Å². The summed E-state index contributed by atoms with van der Waals surface area (Å²) in [6, 6.07) is 13.9. The van der Waals surface area contributed by atoms with Crippen molar-refractivity contribution in [1.82, 2.24) is 9.97 Å². The number of aromatic nitrogens is 2. The third-order valence-electron chi connectivity index (χ3n) is 3.40. The molecule has 0 amide bonds. The van der Waals surface area contributed by atoms with E-state index >= 15 is 0 Å². The standard InChI is InChI=1S/C17H14F3N5/c18-17(19,20)11-6-8-13(9-7-11)25-16-14(21)15(22-10-23-16)24-12-4-2-1-3-5-12/h1-10H,21H2,(H2,22,23,24,25). The van der Waals surface area contributed by atoms with E-state index in [1.807, 2.05) is 30.3 Å². The van der Waals surface area contributed by atoms with Crippen molar-refractivity contribution in [3.05, 3.63) is 66.5 Å². The van der Waals surface area contributed by atoms with E-state index in [-0.39, 0.29) is 5.69 Å². The van der Waals surface area contributed by atoms with Gasteiger partial charge in [0.1, 0.15) is 12.0 Å². The van der Waals surface area contributed by atoms with Crippen LogP contribution in [0, 0.1) is 0 Å². The number of anilines is 5. The Bertz CT molecular complexity index is 848. The molecular weight excluding hydrogens is 331 g/mol. The summed E-state index contributed by atoms with van der Waals surface area (Å²) in [4.78, 5) is 8.12. The highest BCUT2D eigenvalue weighted by Crippen LogP contribution is 2.31. The minimum atomic E-state index is -4.38. The van der Waals surface area contributed by atoms with Crippen LogP contribution < -0.4 is 16.4 Å². The quantitative estimate of drug-likeness (QED) is 0.646. The first-order chi connectivity index (χ1) is 11.9. The Hall–Kier alpha value is -3.29. The molecule has 0 spiro atoms. The van der Waals surface area contributed by atoms with Crippen LogP contribution in [0.1, 0.15) is 5.56 Å². The number of para-hydroxylation sites is 1. The van der Waals surface area contributed by atoms with Gasteiger partial charge in [0.2, 0.25) is 0 Å². The lowest BCUT2D eigenvalue weighted by molar-refractivity contribution is -0.137. The van der Waals surface area contributed by atoms with Gasteiger partial charge in [-0.25, -0.2) is 9.97 Å². The van der Waals surface area contributed by atoms with Gasteiger partial charge in [0.25, 0.3) is 0 Å². The summed E-state index contributed by atoms with van der Waals surface area (Å²) in [6.45, 7) is 0. The monoisotopic (exact) mass is 345 g/mol. The van der Waals surface area contributed by atoms with E-state index in [4.69, 9.17) is 5.73 Å². The van der Waals surface area contributed by atoms with Crippen molar-refractivity contribution in [2.24, 2.45) is 0 Å². The molecule has 0 aliphatic rings. The fraction of sp³-hybridized carbons (Fsp3) is 0.0588. The molecule has 1 heterocycles. The van der Waals surface area contributed by atoms with E-state index in [0.29, 0.717) is 17.3 Å². The van der Waals surface area contributed by atoms with Gasteiger partial charge in [0.05, 0.1) is 5.56 Å². The number of nitrogens with zero attached hydrogens (tertiary/aromatic N) is 2. The number of nitrogen functional groups attached to an aromatic ring is 1. The summed E-state index contributed by atoms with van der Waals surface area (Å²) in [7, 11) is 0. The van der Waals surface area contributed by atoms with Crippen molar-refractivity contribution < 1.29 is 13.2 Å². The second-order valence-corrected chi connectivity index (χ2v) is 5.18. The molecule has 0 unspecified atom stereocenters. The Morgan fingerprint density at radius 2 is 1.28 bits per heavy atom. The van der Waals surface area contributed by atoms with Crippen LogP contribution in [-0.2, 0) is 6.18 Å². The molecule has 2 aromatic carbocycles. The third kappa shape index (κ3) is 3.97. The summed E-state index contributed by atoms with van der Waals surface area (Å²) in [6.07, 6.45) is -3.06. The molecule has 0 radical (unpaired) electrons. The normalized spacial score (nSPS) is 11.2. The van der Waals surface area contributed by atoms with Gasteiger partial charge in [-0.05, 0) is 36.4 Å². The van der Waals surface area contributed by atoms with Gasteiger partial charge in [-0.2, -0.15) is 13.2 Å². The highest BCUT2D eigenvalue weighted by atomic mass is 19.4. The number of halogens is 3. The molecule has 128 valence electrons. The highest BCUT2D eigenvalue weighted by Gasteiger charge is 2.29. The zero-order valence-electron chi connectivity index (χ0n) is 12.9. The molecule has 8 heteroatoms. The fourth-order valence-electron chi connectivity index (χ4n) is 2.13. The van der Waals surface area contributed by atoms with Gasteiger partial charge in [0.15, 0.2) is 11.6 Å². The SMILES string of the molecule is Nc1c(Nc2ccccc2)ncnc1Nc1ccc(C(F)(F)F)cc1. The Morgan fingerprint density at radius 3 is 1.80 bits per heavy atom. The lowest BCUT2D eigenvalue weighted by Gasteiger charge is -2.13. The van der Waals surface area contributed by atoms with Crippen LogP contribution >= 0.6 is 0 Å². The first-order valence-corrected chi connectivity index (χ1v) is 7.30. The molecule has 0 saturated carbocycles. The van der Waals surface area contributed by atoms with E-state index in [1.54, 1.807) is 0 Å². The van der Waals surface area contributed by atoms with E-state index in [0.717, 1.165) is 17.8 Å². The maximum atomic E-state index is 12.6. The average Bonchev–Trinajstić information content (AvgIpc) is 2.59. The minimum absolute atomic E-state index is 0.256. The maximum absolute atomic E-state index is 12.6. The molecule has 25 heavy (non-hydrogen) atoms. The van der Waals surface area contributed by atoms with Crippen LogP contribution in [0.4, 0.5) is 41.9 Å². The molecule has 0 atom stereocenters. The molecule has 4 N–H and O–H groups in total. The fourth-order valence-corrected chi connectivity index (χ4v) is 2.13. The molecule has 0 saturated heterocycles. The van der Waals surface area contributed by atoms with Crippen LogP contribution in [0.2, 0.25) is 0 Å². The summed E-state index contributed by atoms with van der Waals surface area (Å²) < 4.78 is 37.8. The molecule has 0 aliphatic heterocycles. The van der Waals surface area contributed by atoms with Crippen LogP contribution in [0.3, 0.4) is 0 Å². The second-order valence-electron chi connectivity index (χ2n) is 5.18. The first-order valence-electron chi connectivity index (χ1n) is 7.30. The van der Waals surface area contributed by atoms with Crippen LogP contribution in [-0.4, -0.2) is 9.97 Å². The average molecular weight is 345 g/mol. The van der Waals surface area contributed by atoms with Crippen molar-refractivity contribution in [3.8, 4) is 0 Å². The predicted octanol–water partition coefficient (Wildman–Crippen LogP) is 4.56. The number of benzene rings is 2. The molecule has 1 aromatic heterocycles. The Balaban J connectivity index is 1.80. The second kappa shape index (κ2) is 6.68. The smallest absolute Gasteiger partial charge is 0.393 e. The van der Waals surface area contributed by atoms with Gasteiger partial charge in [-0.1, -0.05) is 18.2 Å². The molecule has 0 fully saturated rings. The van der Waals surface area contributed by atoms with Gasteiger partial charge >= 0.3 is 6.18 Å². The molecule has 5 nitrogen and oxygen atoms in total. The van der Waals surface area contributed by atoms with E-state index in [1.165, 1.54) is 18.5 Å². The minimum Gasteiger partial charge on any atom is -0.393 e. The van der Waals surface area contributed by atoms with Crippen molar-refractivity contribution in [3.63, 3.8) is 0 Å². The van der Waals surface area contributed by atoms with Gasteiger partial charge in [-0.3, -0.25) is 0 Å². The Kier molecular flexibility index (Phi) is 4.42. The van der Waals surface area contributed by atoms with Crippen molar-refractivity contribution in [2.45, 2.75) is 6.18 Å². The first kappa shape index (κ1) is 16.6. The van der Waals surface area contributed by atoms with E-state index in [2.05, 4.69) is 20.6 Å². The number of hydrogen-bond donors (Lipinski definition) is 3. The lowest BCUT2D eigenvalue weighted by atomic mass is 10.2. The molecule has 0 aliphatic carbocycles. The number of rotatable bonds is 4. The zero-order valence-corrected chi connectivity index (χ0v) is 12.9. The maximum Gasteiger partial charge on any atom is 0.416 e. The van der Waals surface area contributed by atoms with E-state index in [9.17, 15) is 13.2 Å². The van der Waals surface area contributed by atoms with Crippen molar-refractivity contribution >= 4 is 28.7 Å². The van der Waals surface area contributed by atoms with E-state index < -0.39 is 11.7 Å². The summed E-state index contributed by atoms with van der Waals surface area (Å²) >= 11 is 0. The lowest BCUT2D eigenvalue weighted by Crippen LogP contribution is -2.06. The van der Waals surface area contributed by atoms with Gasteiger partial charge < -0.3 is 16.4 Å². The largest absolute Gasteiger partial charge is 0.416 e. The number of nitrogens with one attached hydrogen (secondary N) is 2. The van der Waals surface area contributed by atoms with Crippen LogP contribution in [0.15, 0.2) is 60.9 Å². The number of alkyl halides is 3. The molecule has 3 rings (SSSR count). The summed E-state index contributed by atoms with van der Waals surface area (Å²) in [5.41, 5.74) is 6.82. The highest BCUT2D eigenvalue weighted by molar-refractivity contribution is 5.80.